The van der Waals surface area contributed by atoms with Gasteiger partial charge < -0.3 is 4.90 Å². The molecular formula is C46H29NS. The predicted molar refractivity (Wildman–Crippen MR) is 209 cm³/mol. The zero-order valence-corrected chi connectivity index (χ0v) is 26.9. The third-order valence-electron chi connectivity index (χ3n) is 9.85. The van der Waals surface area contributed by atoms with Crippen LogP contribution >= 0.6 is 11.3 Å². The van der Waals surface area contributed by atoms with Gasteiger partial charge in [0, 0.05) is 36.6 Å². The summed E-state index contributed by atoms with van der Waals surface area (Å²) in [6.07, 6.45) is 0. The summed E-state index contributed by atoms with van der Waals surface area (Å²) in [5, 5.41) is 12.8. The minimum absolute atomic E-state index is 1.13. The van der Waals surface area contributed by atoms with Crippen LogP contribution in [0.4, 0.5) is 17.1 Å². The van der Waals surface area contributed by atoms with Crippen molar-refractivity contribution < 1.29 is 0 Å². The van der Waals surface area contributed by atoms with Crippen molar-refractivity contribution in [2.24, 2.45) is 0 Å². The van der Waals surface area contributed by atoms with Gasteiger partial charge in [0.1, 0.15) is 0 Å². The van der Waals surface area contributed by atoms with Gasteiger partial charge in [-0.3, -0.25) is 0 Å². The van der Waals surface area contributed by atoms with Crippen LogP contribution in [0.1, 0.15) is 0 Å². The highest BCUT2D eigenvalue weighted by atomic mass is 32.1. The maximum Gasteiger partial charge on any atom is 0.0540 e. The highest BCUT2D eigenvalue weighted by Gasteiger charge is 2.20. The van der Waals surface area contributed by atoms with Crippen molar-refractivity contribution in [2.45, 2.75) is 0 Å². The first kappa shape index (κ1) is 27.2. The van der Waals surface area contributed by atoms with Crippen LogP contribution in [-0.4, -0.2) is 0 Å². The van der Waals surface area contributed by atoms with Gasteiger partial charge in [-0.25, -0.2) is 0 Å². The van der Waals surface area contributed by atoms with Gasteiger partial charge >= 0.3 is 0 Å². The van der Waals surface area contributed by atoms with Crippen LogP contribution in [0.25, 0.3) is 74.4 Å². The Balaban J connectivity index is 1.25. The van der Waals surface area contributed by atoms with Gasteiger partial charge in [-0.1, -0.05) is 140 Å². The van der Waals surface area contributed by atoms with Gasteiger partial charge in [-0.05, 0) is 79.8 Å². The number of rotatable bonds is 4. The lowest BCUT2D eigenvalue weighted by molar-refractivity contribution is 1.31. The number of anilines is 3. The molecule has 0 amide bonds. The molecule has 10 aromatic rings. The standard InChI is InChI=1S/C46H29NS/c1-2-10-30(11-3-1)31-20-23-33(24-21-31)47(43-18-9-16-40-39(43)28-29-45-46(40)41-14-6-7-19-44(41)48-45)42-17-8-15-35-37-25-22-32-12-4-5-13-34(32)36(37)26-27-38(35)42/h1-29H. The first-order chi connectivity index (χ1) is 23.8. The molecule has 0 atom stereocenters. The molecule has 0 radical (unpaired) electrons. The van der Waals surface area contributed by atoms with Gasteiger partial charge in [0.25, 0.3) is 0 Å². The molecule has 1 nitrogen and oxygen atoms in total. The van der Waals surface area contributed by atoms with Crippen LogP contribution in [-0.2, 0) is 0 Å². The van der Waals surface area contributed by atoms with E-state index in [0.717, 1.165) is 11.4 Å². The maximum atomic E-state index is 2.46. The van der Waals surface area contributed by atoms with E-state index in [1.165, 1.54) is 80.1 Å². The molecular weight excluding hydrogens is 599 g/mol. The molecule has 224 valence electrons. The van der Waals surface area contributed by atoms with Crippen LogP contribution < -0.4 is 4.90 Å². The van der Waals surface area contributed by atoms with E-state index < -0.39 is 0 Å². The van der Waals surface area contributed by atoms with Crippen molar-refractivity contribution in [1.82, 2.24) is 0 Å². The largest absolute Gasteiger partial charge is 0.309 e. The number of benzene rings is 9. The Morgan fingerprint density at radius 3 is 1.71 bits per heavy atom. The number of fused-ring (bicyclic) bond motifs is 10. The summed E-state index contributed by atoms with van der Waals surface area (Å²) in [5.41, 5.74) is 5.89. The maximum absolute atomic E-state index is 2.46. The molecule has 9 aromatic carbocycles. The molecule has 0 saturated heterocycles. The number of hydrogen-bond donors (Lipinski definition) is 0. The highest BCUT2D eigenvalue weighted by Crippen LogP contribution is 2.46. The fourth-order valence-corrected chi connectivity index (χ4v) is 8.76. The van der Waals surface area contributed by atoms with Crippen molar-refractivity contribution in [3.63, 3.8) is 0 Å². The molecule has 0 bridgehead atoms. The third-order valence-corrected chi connectivity index (χ3v) is 11.0. The van der Waals surface area contributed by atoms with Crippen LogP contribution in [0.5, 0.6) is 0 Å². The minimum atomic E-state index is 1.13. The first-order valence-corrected chi connectivity index (χ1v) is 17.3. The van der Waals surface area contributed by atoms with Crippen molar-refractivity contribution in [3.05, 3.63) is 176 Å². The number of hydrogen-bond acceptors (Lipinski definition) is 2. The van der Waals surface area contributed by atoms with E-state index >= 15 is 0 Å². The monoisotopic (exact) mass is 627 g/mol. The molecule has 0 unspecified atom stereocenters. The van der Waals surface area contributed by atoms with Crippen molar-refractivity contribution in [3.8, 4) is 11.1 Å². The van der Waals surface area contributed by atoms with Gasteiger partial charge in [-0.2, -0.15) is 0 Å². The lowest BCUT2D eigenvalue weighted by Crippen LogP contribution is -2.11. The molecule has 2 heteroatoms. The molecule has 10 rings (SSSR count). The summed E-state index contributed by atoms with van der Waals surface area (Å²) in [4.78, 5) is 2.46. The summed E-state index contributed by atoms with van der Waals surface area (Å²) in [6.45, 7) is 0. The van der Waals surface area contributed by atoms with E-state index in [1.807, 2.05) is 11.3 Å². The third kappa shape index (κ3) is 4.17. The van der Waals surface area contributed by atoms with E-state index in [1.54, 1.807) is 0 Å². The molecule has 1 aromatic heterocycles. The predicted octanol–water partition coefficient (Wildman–Crippen LogP) is 13.8. The molecule has 0 spiro atoms. The Kier molecular flexibility index (Phi) is 6.12. The average Bonchev–Trinajstić information content (AvgIpc) is 3.55. The van der Waals surface area contributed by atoms with E-state index in [4.69, 9.17) is 0 Å². The zero-order valence-electron chi connectivity index (χ0n) is 26.1. The fourth-order valence-electron chi connectivity index (χ4n) is 7.64. The van der Waals surface area contributed by atoms with Crippen molar-refractivity contribution in [2.75, 3.05) is 4.90 Å². The molecule has 1 heterocycles. The zero-order chi connectivity index (χ0) is 31.6. The molecule has 0 N–H and O–H groups in total. The van der Waals surface area contributed by atoms with E-state index in [2.05, 4.69) is 181 Å². The minimum Gasteiger partial charge on any atom is -0.309 e. The molecule has 48 heavy (non-hydrogen) atoms. The summed E-state index contributed by atoms with van der Waals surface area (Å²) < 4.78 is 2.65. The number of nitrogens with zero attached hydrogens (tertiary/aromatic N) is 1. The van der Waals surface area contributed by atoms with E-state index in [0.29, 0.717) is 0 Å². The van der Waals surface area contributed by atoms with Crippen molar-refractivity contribution >= 4 is 91.7 Å². The normalized spacial score (nSPS) is 11.8. The molecule has 0 fully saturated rings. The second-order valence-corrected chi connectivity index (χ2v) is 13.6. The Hall–Kier alpha value is -5.96. The van der Waals surface area contributed by atoms with Crippen LogP contribution in [0, 0.1) is 0 Å². The molecule has 0 aliphatic rings. The van der Waals surface area contributed by atoms with Gasteiger partial charge in [0.15, 0.2) is 0 Å². The van der Waals surface area contributed by atoms with Gasteiger partial charge in [0.2, 0.25) is 0 Å². The molecule has 0 aliphatic heterocycles. The Labute approximate surface area is 282 Å². The van der Waals surface area contributed by atoms with E-state index in [9.17, 15) is 0 Å². The lowest BCUT2D eigenvalue weighted by atomic mass is 9.95. The van der Waals surface area contributed by atoms with E-state index in [-0.39, 0.29) is 0 Å². The quantitative estimate of drug-likeness (QED) is 0.176. The number of thiophene rings is 1. The Bertz CT molecular complexity index is 2830. The van der Waals surface area contributed by atoms with Crippen LogP contribution in [0.2, 0.25) is 0 Å². The summed E-state index contributed by atoms with van der Waals surface area (Å²) in [6, 6.07) is 64.5. The molecule has 0 aliphatic carbocycles. The SMILES string of the molecule is c1ccc(-c2ccc(N(c3cccc4c3ccc3c5ccccc5ccc43)c3cccc4c3ccc3sc5ccccc5c34)cc2)cc1. The smallest absolute Gasteiger partial charge is 0.0540 e. The second kappa shape index (κ2) is 10.8. The van der Waals surface area contributed by atoms with Gasteiger partial charge in [-0.15, -0.1) is 11.3 Å². The van der Waals surface area contributed by atoms with Crippen molar-refractivity contribution in [1.29, 1.82) is 0 Å². The van der Waals surface area contributed by atoms with Crippen LogP contribution in [0.15, 0.2) is 176 Å². The second-order valence-electron chi connectivity index (χ2n) is 12.5. The molecule has 0 saturated carbocycles. The topological polar surface area (TPSA) is 3.24 Å². The Morgan fingerprint density at radius 1 is 0.312 bits per heavy atom. The Morgan fingerprint density at radius 2 is 0.875 bits per heavy atom. The average molecular weight is 628 g/mol. The fraction of sp³-hybridized carbons (Fsp3) is 0. The van der Waals surface area contributed by atoms with Crippen LogP contribution in [0.3, 0.4) is 0 Å². The summed E-state index contributed by atoms with van der Waals surface area (Å²) >= 11 is 1.87. The van der Waals surface area contributed by atoms with Gasteiger partial charge in [0.05, 0.1) is 11.4 Å². The first-order valence-electron chi connectivity index (χ1n) is 16.4. The summed E-state index contributed by atoms with van der Waals surface area (Å²) in [7, 11) is 0. The summed E-state index contributed by atoms with van der Waals surface area (Å²) in [5.74, 6) is 0. The lowest BCUT2D eigenvalue weighted by Gasteiger charge is -2.28. The highest BCUT2D eigenvalue weighted by molar-refractivity contribution is 7.26.